The second kappa shape index (κ2) is 6.98. The molecule has 122 valence electrons. The molecule has 0 aromatic heterocycles. The summed E-state index contributed by atoms with van der Waals surface area (Å²) in [5, 5.41) is 3.48. The van der Waals surface area contributed by atoms with Crippen LogP contribution >= 0.6 is 11.6 Å². The van der Waals surface area contributed by atoms with Crippen LogP contribution in [-0.2, 0) is 14.6 Å². The van der Waals surface area contributed by atoms with Gasteiger partial charge in [0, 0.05) is 16.8 Å². The maximum Gasteiger partial charge on any atom is 0.238 e. The fraction of sp³-hybridized carbons (Fsp3) is 0.533. The molecule has 1 aromatic carbocycles. The molecule has 1 aliphatic rings. The van der Waals surface area contributed by atoms with E-state index in [1.165, 1.54) is 0 Å². The van der Waals surface area contributed by atoms with Crippen LogP contribution in [0.3, 0.4) is 0 Å². The van der Waals surface area contributed by atoms with E-state index in [0.717, 1.165) is 11.3 Å². The van der Waals surface area contributed by atoms with E-state index in [1.807, 2.05) is 18.7 Å². The molecule has 0 saturated carbocycles. The average Bonchev–Trinajstić information content (AvgIpc) is 2.79. The van der Waals surface area contributed by atoms with E-state index in [9.17, 15) is 13.2 Å². The van der Waals surface area contributed by atoms with Crippen LogP contribution in [0.15, 0.2) is 18.2 Å². The predicted molar refractivity (Wildman–Crippen MR) is 89.1 cm³/mol. The number of benzene rings is 1. The first-order valence-electron chi connectivity index (χ1n) is 7.31. The van der Waals surface area contributed by atoms with Gasteiger partial charge in [-0.05, 0) is 43.7 Å². The molecule has 1 heterocycles. The van der Waals surface area contributed by atoms with Gasteiger partial charge in [-0.25, -0.2) is 8.42 Å². The number of rotatable bonds is 5. The Bertz CT molecular complexity index is 661. The summed E-state index contributed by atoms with van der Waals surface area (Å²) in [6.07, 6.45) is 0.601. The lowest BCUT2D eigenvalue weighted by Gasteiger charge is -2.25. The highest BCUT2D eigenvalue weighted by atomic mass is 35.5. The molecule has 1 aliphatic heterocycles. The summed E-state index contributed by atoms with van der Waals surface area (Å²) in [5.41, 5.74) is 1.62. The second-order valence-electron chi connectivity index (χ2n) is 5.63. The molecule has 1 aromatic rings. The van der Waals surface area contributed by atoms with Crippen LogP contribution in [0.1, 0.15) is 18.9 Å². The molecule has 5 nitrogen and oxygen atoms in total. The molecule has 0 spiro atoms. The van der Waals surface area contributed by atoms with Gasteiger partial charge in [0.15, 0.2) is 9.84 Å². The first-order chi connectivity index (χ1) is 10.3. The topological polar surface area (TPSA) is 66.5 Å². The minimum absolute atomic E-state index is 0.0629. The van der Waals surface area contributed by atoms with Gasteiger partial charge in [0.05, 0.1) is 18.1 Å². The highest BCUT2D eigenvalue weighted by Gasteiger charge is 2.32. The number of nitrogens with zero attached hydrogens (tertiary/aromatic N) is 1. The number of amides is 1. The predicted octanol–water partition coefficient (Wildman–Crippen LogP) is 2.10. The molecule has 22 heavy (non-hydrogen) atoms. The van der Waals surface area contributed by atoms with Crippen molar-refractivity contribution in [2.45, 2.75) is 26.3 Å². The number of sulfone groups is 1. The van der Waals surface area contributed by atoms with Crippen LogP contribution in [0.25, 0.3) is 0 Å². The third-order valence-electron chi connectivity index (χ3n) is 3.94. The van der Waals surface area contributed by atoms with E-state index in [2.05, 4.69) is 5.32 Å². The number of nitrogens with one attached hydrogen (secondary N) is 1. The van der Waals surface area contributed by atoms with Gasteiger partial charge in [-0.1, -0.05) is 18.5 Å². The van der Waals surface area contributed by atoms with Gasteiger partial charge in [-0.3, -0.25) is 9.69 Å². The average molecular weight is 345 g/mol. The van der Waals surface area contributed by atoms with Crippen molar-refractivity contribution in [3.63, 3.8) is 0 Å². The van der Waals surface area contributed by atoms with Gasteiger partial charge >= 0.3 is 0 Å². The summed E-state index contributed by atoms with van der Waals surface area (Å²) < 4.78 is 23.1. The quantitative estimate of drug-likeness (QED) is 0.888. The summed E-state index contributed by atoms with van der Waals surface area (Å²) in [6.45, 7) is 4.65. The van der Waals surface area contributed by atoms with E-state index >= 15 is 0 Å². The molecule has 1 amide bonds. The van der Waals surface area contributed by atoms with Crippen LogP contribution in [0, 0.1) is 6.92 Å². The fourth-order valence-corrected chi connectivity index (χ4v) is 4.69. The number of hydrogen-bond acceptors (Lipinski definition) is 4. The Morgan fingerprint density at radius 3 is 2.73 bits per heavy atom. The Kier molecular flexibility index (Phi) is 5.47. The highest BCUT2D eigenvalue weighted by Crippen LogP contribution is 2.20. The normalized spacial score (nSPS) is 20.3. The minimum Gasteiger partial charge on any atom is -0.325 e. The molecular weight excluding hydrogens is 324 g/mol. The summed E-state index contributed by atoms with van der Waals surface area (Å²) in [4.78, 5) is 14.1. The van der Waals surface area contributed by atoms with Gasteiger partial charge in [-0.2, -0.15) is 0 Å². The number of likely N-dealkylation sites (N-methyl/N-ethyl adjacent to an activating group) is 1. The first kappa shape index (κ1) is 17.2. The molecular formula is C15H21ClN2O3S. The van der Waals surface area contributed by atoms with E-state index < -0.39 is 9.84 Å². The number of carbonyl (C=O) groups excluding carboxylic acids is 1. The third-order valence-corrected chi connectivity index (χ3v) is 5.93. The van der Waals surface area contributed by atoms with Gasteiger partial charge < -0.3 is 5.32 Å². The molecule has 1 atom stereocenters. The van der Waals surface area contributed by atoms with Gasteiger partial charge in [0.2, 0.25) is 5.91 Å². The lowest BCUT2D eigenvalue weighted by atomic mass is 10.2. The monoisotopic (exact) mass is 344 g/mol. The van der Waals surface area contributed by atoms with E-state index in [4.69, 9.17) is 11.6 Å². The van der Waals surface area contributed by atoms with Crippen molar-refractivity contribution in [1.29, 1.82) is 0 Å². The molecule has 0 aliphatic carbocycles. The molecule has 0 radical (unpaired) electrons. The molecule has 7 heteroatoms. The maximum absolute atomic E-state index is 12.2. The van der Waals surface area contributed by atoms with Crippen LogP contribution in [0.2, 0.25) is 5.02 Å². The van der Waals surface area contributed by atoms with Crippen molar-refractivity contribution in [1.82, 2.24) is 4.90 Å². The Hall–Kier alpha value is -1.11. The molecule has 1 fully saturated rings. The molecule has 2 rings (SSSR count). The summed E-state index contributed by atoms with van der Waals surface area (Å²) >= 11 is 5.90. The van der Waals surface area contributed by atoms with Crippen molar-refractivity contribution in [3.8, 4) is 0 Å². The van der Waals surface area contributed by atoms with Crippen molar-refractivity contribution in [3.05, 3.63) is 28.8 Å². The minimum atomic E-state index is -2.94. The zero-order valence-electron chi connectivity index (χ0n) is 12.8. The zero-order valence-corrected chi connectivity index (χ0v) is 14.4. The zero-order chi connectivity index (χ0) is 16.3. The summed E-state index contributed by atoms with van der Waals surface area (Å²) in [7, 11) is -2.94. The van der Waals surface area contributed by atoms with Crippen LogP contribution in [-0.4, -0.2) is 49.9 Å². The molecule has 1 unspecified atom stereocenters. The number of hydrogen-bond donors (Lipinski definition) is 1. The van der Waals surface area contributed by atoms with E-state index in [1.54, 1.807) is 18.2 Å². The van der Waals surface area contributed by atoms with Gasteiger partial charge in [0.25, 0.3) is 0 Å². The lowest BCUT2D eigenvalue weighted by Crippen LogP contribution is -2.41. The smallest absolute Gasteiger partial charge is 0.238 e. The largest absolute Gasteiger partial charge is 0.325 e. The molecule has 1 N–H and O–H groups in total. The molecule has 1 saturated heterocycles. The first-order valence-corrected chi connectivity index (χ1v) is 9.51. The van der Waals surface area contributed by atoms with Crippen LogP contribution < -0.4 is 5.32 Å². The Morgan fingerprint density at radius 1 is 1.45 bits per heavy atom. The van der Waals surface area contributed by atoms with Crippen molar-refractivity contribution in [2.24, 2.45) is 0 Å². The number of anilines is 1. The van der Waals surface area contributed by atoms with Crippen LogP contribution in [0.5, 0.6) is 0 Å². The Balaban J connectivity index is 1.98. The number of carbonyl (C=O) groups is 1. The molecule has 0 bridgehead atoms. The summed E-state index contributed by atoms with van der Waals surface area (Å²) in [5.74, 6) is 0.219. The Labute approximate surface area is 136 Å². The lowest BCUT2D eigenvalue weighted by molar-refractivity contribution is -0.117. The van der Waals surface area contributed by atoms with Crippen molar-refractivity contribution in [2.75, 3.05) is 29.9 Å². The number of halogens is 1. The SMILES string of the molecule is CCN(CC(=O)Nc1ccc(Cl)cc1C)C1CCS(=O)(=O)C1. The van der Waals surface area contributed by atoms with Crippen molar-refractivity contribution < 1.29 is 13.2 Å². The fourth-order valence-electron chi connectivity index (χ4n) is 2.70. The van der Waals surface area contributed by atoms with E-state index in [0.29, 0.717) is 18.0 Å². The van der Waals surface area contributed by atoms with Crippen LogP contribution in [0.4, 0.5) is 5.69 Å². The maximum atomic E-state index is 12.2. The Morgan fingerprint density at radius 2 is 2.18 bits per heavy atom. The van der Waals surface area contributed by atoms with Crippen molar-refractivity contribution >= 4 is 33.0 Å². The standard InChI is InChI=1S/C15H21ClN2O3S/c1-3-18(13-6-7-22(20,21)10-13)9-15(19)17-14-5-4-12(16)8-11(14)2/h4-5,8,13H,3,6-7,9-10H2,1-2H3,(H,17,19). The third kappa shape index (κ3) is 4.44. The second-order valence-corrected chi connectivity index (χ2v) is 8.29. The van der Waals surface area contributed by atoms with Gasteiger partial charge in [-0.15, -0.1) is 0 Å². The number of aryl methyl sites for hydroxylation is 1. The van der Waals surface area contributed by atoms with E-state index in [-0.39, 0.29) is 30.0 Å². The summed E-state index contributed by atoms with van der Waals surface area (Å²) in [6, 6.07) is 5.22. The highest BCUT2D eigenvalue weighted by molar-refractivity contribution is 7.91. The van der Waals surface area contributed by atoms with Gasteiger partial charge in [0.1, 0.15) is 0 Å².